The van der Waals surface area contributed by atoms with Crippen LogP contribution in [0.5, 0.6) is 11.5 Å². The van der Waals surface area contributed by atoms with Gasteiger partial charge >= 0.3 is 0 Å². The Kier molecular flexibility index (Phi) is 6.02. The molecular weight excluding hydrogens is 381 g/mol. The van der Waals surface area contributed by atoms with Gasteiger partial charge in [0, 0.05) is 25.2 Å². The number of halogens is 1. The molecule has 3 aromatic carbocycles. The molecule has 0 radical (unpaired) electrons. The highest BCUT2D eigenvalue weighted by molar-refractivity contribution is 5.40. The van der Waals surface area contributed by atoms with Gasteiger partial charge < -0.3 is 14.6 Å². The summed E-state index contributed by atoms with van der Waals surface area (Å²) in [4.78, 5) is 2.22. The maximum absolute atomic E-state index is 13.5. The van der Waals surface area contributed by atoms with Gasteiger partial charge in [0.2, 0.25) is 0 Å². The Morgan fingerprint density at radius 2 is 1.90 bits per heavy atom. The van der Waals surface area contributed by atoms with Crippen molar-refractivity contribution in [3.63, 3.8) is 0 Å². The molecule has 156 valence electrons. The van der Waals surface area contributed by atoms with Gasteiger partial charge in [0.15, 0.2) is 0 Å². The number of fused-ring (bicyclic) bond motifs is 1. The van der Waals surface area contributed by atoms with Gasteiger partial charge in [0.25, 0.3) is 0 Å². The van der Waals surface area contributed by atoms with Crippen LogP contribution in [0.3, 0.4) is 0 Å². The lowest BCUT2D eigenvalue weighted by atomic mass is 9.94. The monoisotopic (exact) mass is 407 g/mol. The third kappa shape index (κ3) is 4.99. The summed E-state index contributed by atoms with van der Waals surface area (Å²) in [5, 5.41) is 11.0. The molecular formula is C25H26FNO3. The predicted octanol–water partition coefficient (Wildman–Crippen LogP) is 4.51. The summed E-state index contributed by atoms with van der Waals surface area (Å²) in [6, 6.07) is 21.9. The highest BCUT2D eigenvalue weighted by atomic mass is 19.1. The molecule has 0 aromatic heterocycles. The summed E-state index contributed by atoms with van der Waals surface area (Å²) in [6.07, 6.45) is 0. The first-order chi connectivity index (χ1) is 14.5. The van der Waals surface area contributed by atoms with E-state index >= 15 is 0 Å². The second kappa shape index (κ2) is 8.86. The number of hydrogen-bond donors (Lipinski definition) is 1. The highest BCUT2D eigenvalue weighted by Gasteiger charge is 2.26. The molecule has 5 heteroatoms. The van der Waals surface area contributed by atoms with Crippen LogP contribution in [-0.4, -0.2) is 29.8 Å². The molecule has 4 nitrogen and oxygen atoms in total. The fraction of sp³-hybridized carbons (Fsp3) is 0.280. The van der Waals surface area contributed by atoms with E-state index in [1.807, 2.05) is 54.6 Å². The Bertz CT molecular complexity index is 991. The number of nitrogens with zero attached hydrogens (tertiary/aromatic N) is 1. The summed E-state index contributed by atoms with van der Waals surface area (Å²) >= 11 is 0. The molecule has 0 bridgehead atoms. The molecule has 0 unspecified atom stereocenters. The van der Waals surface area contributed by atoms with E-state index in [-0.39, 0.29) is 12.4 Å². The molecule has 0 saturated carbocycles. The minimum absolute atomic E-state index is 0.143. The molecule has 0 spiro atoms. The lowest BCUT2D eigenvalue weighted by Gasteiger charge is -2.25. The lowest BCUT2D eigenvalue weighted by molar-refractivity contribution is 0.00748. The van der Waals surface area contributed by atoms with Crippen LogP contribution in [0.25, 0.3) is 0 Å². The standard InChI is InChI=1S/C25H26FNO3/c1-25(28,18-30-23-8-3-2-4-9-23)21-10-11-24-20(15-21)17-27(12-13-29-24)16-19-6-5-7-22(26)14-19/h2-11,14-15,28H,12-13,16-18H2,1H3/t25-/m0/s1. The Hall–Kier alpha value is -2.89. The van der Waals surface area contributed by atoms with Crippen LogP contribution in [0.4, 0.5) is 4.39 Å². The summed E-state index contributed by atoms with van der Waals surface area (Å²) in [5.41, 5.74) is 1.55. The van der Waals surface area contributed by atoms with Crippen LogP contribution in [-0.2, 0) is 18.7 Å². The zero-order chi connectivity index (χ0) is 21.0. The van der Waals surface area contributed by atoms with Crippen molar-refractivity contribution in [2.75, 3.05) is 19.8 Å². The largest absolute Gasteiger partial charge is 0.492 e. The predicted molar refractivity (Wildman–Crippen MR) is 114 cm³/mol. The van der Waals surface area contributed by atoms with E-state index in [0.29, 0.717) is 19.7 Å². The number of aliphatic hydroxyl groups is 1. The Labute approximate surface area is 176 Å². The first-order valence-corrected chi connectivity index (χ1v) is 10.1. The maximum Gasteiger partial charge on any atom is 0.123 e. The van der Waals surface area contributed by atoms with E-state index in [1.54, 1.807) is 19.1 Å². The topological polar surface area (TPSA) is 41.9 Å². The normalized spacial score (nSPS) is 16.1. The van der Waals surface area contributed by atoms with Crippen molar-refractivity contribution in [1.29, 1.82) is 0 Å². The van der Waals surface area contributed by atoms with Gasteiger partial charge in [0.05, 0.1) is 0 Å². The van der Waals surface area contributed by atoms with Crippen molar-refractivity contribution in [3.8, 4) is 11.5 Å². The molecule has 3 aromatic rings. The Balaban J connectivity index is 1.49. The van der Waals surface area contributed by atoms with Gasteiger partial charge in [-0.1, -0.05) is 36.4 Å². The number of para-hydroxylation sites is 1. The molecule has 1 aliphatic heterocycles. The first-order valence-electron chi connectivity index (χ1n) is 10.1. The van der Waals surface area contributed by atoms with Crippen molar-refractivity contribution >= 4 is 0 Å². The quantitative estimate of drug-likeness (QED) is 0.653. The smallest absolute Gasteiger partial charge is 0.123 e. The number of rotatable bonds is 6. The third-order valence-electron chi connectivity index (χ3n) is 5.30. The van der Waals surface area contributed by atoms with Crippen LogP contribution in [0.15, 0.2) is 72.8 Å². The summed E-state index contributed by atoms with van der Waals surface area (Å²) in [6.45, 7) is 4.50. The van der Waals surface area contributed by atoms with E-state index < -0.39 is 5.60 Å². The minimum Gasteiger partial charge on any atom is -0.492 e. The molecule has 1 aliphatic rings. The number of hydrogen-bond acceptors (Lipinski definition) is 4. The molecule has 0 fully saturated rings. The van der Waals surface area contributed by atoms with Crippen LogP contribution < -0.4 is 9.47 Å². The molecule has 0 aliphatic carbocycles. The Morgan fingerprint density at radius 3 is 2.70 bits per heavy atom. The summed E-state index contributed by atoms with van der Waals surface area (Å²) < 4.78 is 25.2. The molecule has 30 heavy (non-hydrogen) atoms. The average Bonchev–Trinajstić information content (AvgIpc) is 2.94. The van der Waals surface area contributed by atoms with Gasteiger partial charge in [-0.25, -0.2) is 4.39 Å². The minimum atomic E-state index is -1.15. The van der Waals surface area contributed by atoms with Gasteiger partial charge in [0.1, 0.15) is 36.1 Å². The van der Waals surface area contributed by atoms with Gasteiger partial charge in [-0.15, -0.1) is 0 Å². The van der Waals surface area contributed by atoms with Gasteiger partial charge in [-0.2, -0.15) is 0 Å². The van der Waals surface area contributed by atoms with Gasteiger partial charge in [-0.05, 0) is 54.4 Å². The molecule has 0 saturated heterocycles. The summed E-state index contributed by atoms with van der Waals surface area (Å²) in [7, 11) is 0. The SMILES string of the molecule is C[C@](O)(COc1ccccc1)c1ccc2c(c1)CN(Cc1cccc(F)c1)CCO2. The van der Waals surface area contributed by atoms with E-state index in [0.717, 1.165) is 34.7 Å². The van der Waals surface area contributed by atoms with E-state index in [2.05, 4.69) is 4.90 Å². The Morgan fingerprint density at radius 1 is 1.07 bits per heavy atom. The van der Waals surface area contributed by atoms with Crippen LogP contribution in [0.2, 0.25) is 0 Å². The van der Waals surface area contributed by atoms with Crippen molar-refractivity contribution < 1.29 is 19.0 Å². The van der Waals surface area contributed by atoms with E-state index in [1.165, 1.54) is 6.07 Å². The second-order valence-corrected chi connectivity index (χ2v) is 7.89. The van der Waals surface area contributed by atoms with Crippen molar-refractivity contribution in [2.24, 2.45) is 0 Å². The second-order valence-electron chi connectivity index (χ2n) is 7.89. The number of ether oxygens (including phenoxy) is 2. The zero-order valence-electron chi connectivity index (χ0n) is 17.1. The zero-order valence-corrected chi connectivity index (χ0v) is 17.1. The molecule has 4 rings (SSSR count). The average molecular weight is 407 g/mol. The van der Waals surface area contributed by atoms with Crippen LogP contribution in [0.1, 0.15) is 23.6 Å². The lowest BCUT2D eigenvalue weighted by Crippen LogP contribution is -2.30. The van der Waals surface area contributed by atoms with Crippen LogP contribution >= 0.6 is 0 Å². The highest BCUT2D eigenvalue weighted by Crippen LogP contribution is 2.30. The number of benzene rings is 3. The fourth-order valence-corrected chi connectivity index (χ4v) is 3.64. The van der Waals surface area contributed by atoms with Crippen molar-refractivity contribution in [2.45, 2.75) is 25.6 Å². The van der Waals surface area contributed by atoms with Crippen molar-refractivity contribution in [3.05, 3.63) is 95.3 Å². The maximum atomic E-state index is 13.5. The summed E-state index contributed by atoms with van der Waals surface area (Å²) in [5.74, 6) is 1.31. The molecule has 0 amide bonds. The van der Waals surface area contributed by atoms with Crippen molar-refractivity contribution in [1.82, 2.24) is 4.90 Å². The van der Waals surface area contributed by atoms with Crippen LogP contribution in [0, 0.1) is 5.82 Å². The fourth-order valence-electron chi connectivity index (χ4n) is 3.64. The molecule has 1 heterocycles. The van der Waals surface area contributed by atoms with E-state index in [9.17, 15) is 9.50 Å². The van der Waals surface area contributed by atoms with Gasteiger partial charge in [-0.3, -0.25) is 4.90 Å². The molecule has 1 atom stereocenters. The van der Waals surface area contributed by atoms with E-state index in [4.69, 9.17) is 9.47 Å². The first kappa shape index (κ1) is 20.4. The molecule has 1 N–H and O–H groups in total. The third-order valence-corrected chi connectivity index (χ3v) is 5.30.